The van der Waals surface area contributed by atoms with Crippen molar-refractivity contribution >= 4 is 99.0 Å². The number of carbonyl (C=O) groups is 2. The maximum atomic E-state index is 14.3. The third-order valence-corrected chi connectivity index (χ3v) is 14.8. The Balaban J connectivity index is 1.13. The van der Waals surface area contributed by atoms with Crippen LogP contribution in [-0.4, -0.2) is 11.6 Å². The number of rotatable bonds is 2. The number of carbonyl (C=O) groups excluding carboxylic acids is 2. The predicted octanol–water partition coefficient (Wildman–Crippen LogP) is 11.6. The first-order chi connectivity index (χ1) is 26.3. The second kappa shape index (κ2) is 11.9. The third kappa shape index (κ3) is 4.70. The van der Waals surface area contributed by atoms with Crippen molar-refractivity contribution in [1.29, 1.82) is 15.8 Å². The van der Waals surface area contributed by atoms with Crippen LogP contribution in [0, 0.1) is 63.8 Å². The number of benzene rings is 2. The van der Waals surface area contributed by atoms with Gasteiger partial charge in [0.2, 0.25) is 0 Å². The van der Waals surface area contributed by atoms with Crippen LogP contribution in [0.15, 0.2) is 58.8 Å². The first-order valence-electron chi connectivity index (χ1n) is 16.0. The van der Waals surface area contributed by atoms with Gasteiger partial charge in [-0.25, -0.2) is 27.7 Å². The normalized spacial score (nSPS) is 17.3. The Kier molecular flexibility index (Phi) is 7.45. The van der Waals surface area contributed by atoms with E-state index >= 15 is 0 Å². The van der Waals surface area contributed by atoms with Crippen LogP contribution in [0.1, 0.15) is 66.6 Å². The summed E-state index contributed by atoms with van der Waals surface area (Å²) >= 11 is 6.01. The van der Waals surface area contributed by atoms with E-state index in [1.165, 1.54) is 22.7 Å². The molecule has 4 heterocycles. The fraction of sp³-hybridized carbons (Fsp3) is 0.0732. The second-order valence-corrected chi connectivity index (χ2v) is 17.5. The van der Waals surface area contributed by atoms with Crippen molar-refractivity contribution in [1.82, 2.24) is 0 Å². The van der Waals surface area contributed by atoms with E-state index in [0.717, 1.165) is 63.9 Å². The van der Waals surface area contributed by atoms with Crippen molar-refractivity contribution in [2.24, 2.45) is 0 Å². The highest BCUT2D eigenvalue weighted by Crippen LogP contribution is 2.62. The van der Waals surface area contributed by atoms with Gasteiger partial charge < -0.3 is 0 Å². The van der Waals surface area contributed by atoms with Gasteiger partial charge in [-0.3, -0.25) is 9.59 Å². The van der Waals surface area contributed by atoms with Crippen LogP contribution in [0.2, 0.25) is 0 Å². The monoisotopic (exact) mass is 798 g/mol. The number of nitrogens with zero attached hydrogens (tertiary/aromatic N) is 4. The molecule has 55 heavy (non-hydrogen) atoms. The summed E-state index contributed by atoms with van der Waals surface area (Å²) in [5.41, 5.74) is 0.536. The molecule has 9 rings (SSSR count). The van der Waals surface area contributed by atoms with Gasteiger partial charge in [-0.1, -0.05) is 13.8 Å². The summed E-state index contributed by atoms with van der Waals surface area (Å²) in [7, 11) is 0. The number of hydrogen-bond acceptors (Lipinski definition) is 9. The maximum absolute atomic E-state index is 14.3. The molecule has 0 saturated heterocycles. The van der Waals surface area contributed by atoms with Gasteiger partial charge in [0, 0.05) is 58.0 Å². The Bertz CT molecular complexity index is 2960. The fourth-order valence-electron chi connectivity index (χ4n) is 7.58. The minimum Gasteiger partial charge on any atom is -0.289 e. The molecule has 6 nitrogen and oxygen atoms in total. The Morgan fingerprint density at radius 3 is 1.49 bits per heavy atom. The topological polar surface area (TPSA) is 110 Å². The van der Waals surface area contributed by atoms with Crippen molar-refractivity contribution in [3.05, 3.63) is 137 Å². The number of fused-ring (bicyclic) bond motifs is 9. The van der Waals surface area contributed by atoms with Gasteiger partial charge in [-0.2, -0.15) is 10.5 Å². The van der Waals surface area contributed by atoms with Crippen LogP contribution < -0.4 is 0 Å². The van der Waals surface area contributed by atoms with Gasteiger partial charge in [0.25, 0.3) is 5.70 Å². The molecule has 0 fully saturated rings. The van der Waals surface area contributed by atoms with Gasteiger partial charge in [-0.05, 0) is 70.8 Å². The molecule has 3 aliphatic carbocycles. The molecule has 4 aromatic heterocycles. The number of thiophene rings is 4. The number of nitriles is 3. The molecule has 0 atom stereocenters. The number of allylic oxidation sites excluding steroid dienone is 6. The SMILES string of the molecule is [C-]#[N+]C(C#N)=C1/C(=C/c2cc3sc4c(c3s2)C(C)(C)c2c-4sc3cc(/C=C4/C(=O)c5cc(F)c(F)cc5C4=C(C#N)C#N)sc23)C(=O)c2cc(F)c(F)cc21. The molecule has 6 aromatic rings. The summed E-state index contributed by atoms with van der Waals surface area (Å²) in [5, 5.41) is 29.1. The molecule has 0 spiro atoms. The highest BCUT2D eigenvalue weighted by atomic mass is 32.1. The molecule has 0 unspecified atom stereocenters. The third-order valence-electron chi connectivity index (χ3n) is 9.90. The van der Waals surface area contributed by atoms with Gasteiger partial charge in [-0.15, -0.1) is 45.3 Å². The molecule has 0 aliphatic heterocycles. The fourth-order valence-corrected chi connectivity index (χ4v) is 13.5. The molecule has 0 amide bonds. The smallest absolute Gasteiger partial charge is 0.270 e. The van der Waals surface area contributed by atoms with E-state index in [9.17, 15) is 42.9 Å². The number of ketones is 2. The minimum atomic E-state index is -1.21. The Hall–Kier alpha value is -6.26. The minimum absolute atomic E-state index is 0.000592. The zero-order valence-corrected chi connectivity index (χ0v) is 31.1. The van der Waals surface area contributed by atoms with Crippen molar-refractivity contribution in [2.75, 3.05) is 0 Å². The average molecular weight is 799 g/mol. The largest absolute Gasteiger partial charge is 0.289 e. The molecule has 0 saturated carbocycles. The second-order valence-electron chi connectivity index (χ2n) is 13.2. The van der Waals surface area contributed by atoms with E-state index in [0.29, 0.717) is 9.75 Å². The van der Waals surface area contributed by atoms with Crippen LogP contribution in [0.4, 0.5) is 17.6 Å². The average Bonchev–Trinajstić information content (AvgIpc) is 3.99. The molecular weight excluding hydrogens is 785 g/mol. The molecular formula is C41H14F4N4O2S4. The molecule has 0 N–H and O–H groups in total. The highest BCUT2D eigenvalue weighted by Gasteiger charge is 2.43. The first-order valence-corrected chi connectivity index (χ1v) is 19.3. The van der Waals surface area contributed by atoms with Gasteiger partial charge in [0.05, 0.1) is 31.8 Å². The van der Waals surface area contributed by atoms with E-state index in [-0.39, 0.29) is 44.5 Å². The van der Waals surface area contributed by atoms with E-state index < -0.39 is 51.5 Å². The maximum Gasteiger partial charge on any atom is 0.270 e. The lowest BCUT2D eigenvalue weighted by atomic mass is 9.84. The van der Waals surface area contributed by atoms with E-state index in [1.54, 1.807) is 53.0 Å². The summed E-state index contributed by atoms with van der Waals surface area (Å²) in [6, 6.07) is 12.4. The Morgan fingerprint density at radius 2 is 1.07 bits per heavy atom. The molecule has 2 aromatic carbocycles. The van der Waals surface area contributed by atoms with E-state index in [1.807, 2.05) is 12.1 Å². The van der Waals surface area contributed by atoms with Crippen molar-refractivity contribution < 1.29 is 27.2 Å². The van der Waals surface area contributed by atoms with Crippen LogP contribution in [0.5, 0.6) is 0 Å². The summed E-state index contributed by atoms with van der Waals surface area (Å²) in [6.07, 6.45) is 3.12. The number of hydrogen-bond donors (Lipinski definition) is 0. The zero-order valence-electron chi connectivity index (χ0n) is 27.9. The Labute approximate surface area is 324 Å². The summed E-state index contributed by atoms with van der Waals surface area (Å²) in [6.45, 7) is 11.7. The summed E-state index contributed by atoms with van der Waals surface area (Å²) in [5.74, 6) is -6.05. The van der Waals surface area contributed by atoms with Crippen molar-refractivity contribution in [2.45, 2.75) is 19.3 Å². The Morgan fingerprint density at radius 1 is 0.655 bits per heavy atom. The van der Waals surface area contributed by atoms with Crippen LogP contribution in [-0.2, 0) is 5.41 Å². The predicted molar refractivity (Wildman–Crippen MR) is 205 cm³/mol. The standard InChI is InChI=1S/C41H14F4N4O2S4/c1-41(2)33-37-29(6-16(52-37)4-22-31(15(12-46)13-47)18-8-24(42)26(44)10-20(18)35(22)50)54-39(33)40-34(41)38-30(55-40)7-17(53-38)5-23-32(28(14-48)49-3)19-9-25(43)27(45)11-21(19)36(23)51/h4-11H,1-2H3/b22-4+,23-5-,32-28?. The number of halogens is 4. The zero-order chi connectivity index (χ0) is 38.8. The first kappa shape index (κ1) is 34.5. The molecule has 0 radical (unpaired) electrons. The van der Waals surface area contributed by atoms with Crippen LogP contribution in [0.3, 0.4) is 0 Å². The van der Waals surface area contributed by atoms with Gasteiger partial charge >= 0.3 is 0 Å². The van der Waals surface area contributed by atoms with Crippen molar-refractivity contribution in [3.63, 3.8) is 0 Å². The van der Waals surface area contributed by atoms with Crippen LogP contribution >= 0.6 is 45.3 Å². The summed E-state index contributed by atoms with van der Waals surface area (Å²) < 4.78 is 60.8. The molecule has 3 aliphatic rings. The lowest BCUT2D eigenvalue weighted by Gasteiger charge is -2.20. The van der Waals surface area contributed by atoms with E-state index in [2.05, 4.69) is 18.7 Å². The quantitative estimate of drug-likeness (QED) is 0.0750. The van der Waals surface area contributed by atoms with Gasteiger partial charge in [0.15, 0.2) is 34.8 Å². The molecule has 262 valence electrons. The lowest BCUT2D eigenvalue weighted by Crippen LogP contribution is -2.14. The molecule has 0 bridgehead atoms. The van der Waals surface area contributed by atoms with Crippen molar-refractivity contribution in [3.8, 4) is 28.0 Å². The van der Waals surface area contributed by atoms with Crippen LogP contribution in [0.25, 0.3) is 56.7 Å². The van der Waals surface area contributed by atoms with Gasteiger partial charge in [0.1, 0.15) is 17.7 Å². The molecule has 14 heteroatoms. The lowest BCUT2D eigenvalue weighted by molar-refractivity contribution is 0.103. The number of Topliss-reactive ketones (excluding diaryl/α,β-unsaturated/α-hetero) is 2. The summed E-state index contributed by atoms with van der Waals surface area (Å²) in [4.78, 5) is 33.8. The van der Waals surface area contributed by atoms with E-state index in [4.69, 9.17) is 6.57 Å². The highest BCUT2D eigenvalue weighted by molar-refractivity contribution is 7.35.